The van der Waals surface area contributed by atoms with Gasteiger partial charge in [-0.3, -0.25) is 9.59 Å². The molecule has 7 nitrogen and oxygen atoms in total. The number of unbranched alkanes of at least 4 members (excludes halogenated alkanes) is 36. The molecule has 0 atom stereocenters. The number of allylic oxidation sites excluding steroid dienone is 6. The van der Waals surface area contributed by atoms with Gasteiger partial charge in [0.05, 0.1) is 32.7 Å². The zero-order valence-electron chi connectivity index (χ0n) is 44.6. The normalized spacial score (nSPS) is 12.0. The number of hydrogen-bond acceptors (Lipinski definition) is 7. The van der Waals surface area contributed by atoms with Crippen molar-refractivity contribution in [1.82, 2.24) is 0 Å². The van der Waals surface area contributed by atoms with Gasteiger partial charge in [-0.25, -0.2) is 4.79 Å². The van der Waals surface area contributed by atoms with Crippen molar-refractivity contribution >= 4 is 17.9 Å². The maximum absolute atomic E-state index is 13.3. The van der Waals surface area contributed by atoms with Crippen LogP contribution in [0.4, 0.5) is 0 Å². The van der Waals surface area contributed by atoms with Gasteiger partial charge in [-0.1, -0.05) is 231 Å². The fraction of sp³-hybridized carbons (Fsp3) is 0.850. The summed E-state index contributed by atoms with van der Waals surface area (Å²) >= 11 is 0. The number of aliphatic hydroxyl groups is 1. The first kappa shape index (κ1) is 64.6. The van der Waals surface area contributed by atoms with E-state index in [9.17, 15) is 19.5 Å². The summed E-state index contributed by atoms with van der Waals surface area (Å²) < 4.78 is 16.4. The maximum Gasteiger partial charge on any atom is 0.339 e. The molecule has 0 rings (SSSR count). The van der Waals surface area contributed by atoms with E-state index >= 15 is 0 Å². The van der Waals surface area contributed by atoms with E-state index in [-0.39, 0.29) is 19.8 Å². The highest BCUT2D eigenvalue weighted by Crippen LogP contribution is 2.22. The first-order valence-electron chi connectivity index (χ1n) is 29.0. The van der Waals surface area contributed by atoms with Crippen molar-refractivity contribution in [2.75, 3.05) is 19.8 Å². The Balaban J connectivity index is 4.52. The minimum atomic E-state index is -2.32. The second-order valence-electron chi connectivity index (χ2n) is 19.8. The number of rotatable bonds is 53. The van der Waals surface area contributed by atoms with Crippen LogP contribution in [-0.4, -0.2) is 48.4 Å². The summed E-state index contributed by atoms with van der Waals surface area (Å²) in [6.07, 6.45) is 62.7. The van der Waals surface area contributed by atoms with Gasteiger partial charge in [-0.2, -0.15) is 0 Å². The van der Waals surface area contributed by atoms with E-state index in [1.807, 2.05) is 0 Å². The summed E-state index contributed by atoms with van der Waals surface area (Å²) in [5, 5.41) is 11.5. The fourth-order valence-electron chi connectivity index (χ4n) is 8.51. The molecular weight excluding hydrogens is 833 g/mol. The Kier molecular flexibility index (Phi) is 51.0. The van der Waals surface area contributed by atoms with Crippen molar-refractivity contribution in [2.45, 2.75) is 309 Å². The summed E-state index contributed by atoms with van der Waals surface area (Å²) in [6.45, 7) is 7.36. The van der Waals surface area contributed by atoms with Crippen LogP contribution in [0.15, 0.2) is 36.5 Å². The number of ether oxygens (including phenoxy) is 3. The third-order valence-corrected chi connectivity index (χ3v) is 13.0. The molecule has 0 spiro atoms. The molecule has 0 heterocycles. The number of carbonyl (C=O) groups excluding carboxylic acids is 3. The fourth-order valence-corrected chi connectivity index (χ4v) is 8.51. The summed E-state index contributed by atoms with van der Waals surface area (Å²) in [6, 6.07) is 0. The summed E-state index contributed by atoms with van der Waals surface area (Å²) in [7, 11) is 0. The summed E-state index contributed by atoms with van der Waals surface area (Å²) in [5.74, 6) is -2.36. The molecule has 0 fully saturated rings. The van der Waals surface area contributed by atoms with Gasteiger partial charge >= 0.3 is 17.9 Å². The van der Waals surface area contributed by atoms with Crippen LogP contribution in [0.25, 0.3) is 0 Å². The zero-order valence-corrected chi connectivity index (χ0v) is 44.6. The minimum absolute atomic E-state index is 0.136. The Bertz CT molecular complexity index is 1100. The smallest absolute Gasteiger partial charge is 0.339 e. The van der Waals surface area contributed by atoms with Crippen LogP contribution in [0.5, 0.6) is 0 Å². The van der Waals surface area contributed by atoms with Crippen LogP contribution in [-0.2, 0) is 28.6 Å². The van der Waals surface area contributed by atoms with Crippen molar-refractivity contribution in [3.8, 4) is 0 Å². The Morgan fingerprint density at radius 3 is 0.776 bits per heavy atom. The topological polar surface area (TPSA) is 99.1 Å². The largest absolute Gasteiger partial charge is 0.466 e. The quantitative estimate of drug-likeness (QED) is 0.0281. The Morgan fingerprint density at radius 2 is 0.522 bits per heavy atom. The van der Waals surface area contributed by atoms with Gasteiger partial charge in [0.2, 0.25) is 0 Å². The van der Waals surface area contributed by atoms with Gasteiger partial charge in [-0.15, -0.1) is 0 Å². The van der Waals surface area contributed by atoms with Crippen molar-refractivity contribution in [1.29, 1.82) is 0 Å². The predicted molar refractivity (Wildman–Crippen MR) is 285 cm³/mol. The van der Waals surface area contributed by atoms with Crippen LogP contribution < -0.4 is 0 Å². The molecular formula is C60H110O7. The molecule has 0 saturated carbocycles. The number of carbonyl (C=O) groups is 3. The highest BCUT2D eigenvalue weighted by molar-refractivity contribution is 5.90. The highest BCUT2D eigenvalue weighted by atomic mass is 16.6. The average Bonchev–Trinajstić information content (AvgIpc) is 3.31. The van der Waals surface area contributed by atoms with Crippen molar-refractivity contribution in [3.63, 3.8) is 0 Å². The molecule has 1 N–H and O–H groups in total. The van der Waals surface area contributed by atoms with Crippen LogP contribution in [0.2, 0.25) is 0 Å². The first-order chi connectivity index (χ1) is 32.9. The Hall–Kier alpha value is -2.41. The van der Waals surface area contributed by atoms with Crippen LogP contribution in [0, 0.1) is 0 Å². The second-order valence-corrected chi connectivity index (χ2v) is 19.8. The molecule has 392 valence electrons. The molecule has 0 aromatic rings. The van der Waals surface area contributed by atoms with Crippen molar-refractivity contribution < 1.29 is 33.7 Å². The van der Waals surface area contributed by atoms with E-state index in [1.54, 1.807) is 0 Å². The standard InChI is InChI=1S/C60H110O7/c1-4-7-10-13-16-19-22-25-28-31-34-37-40-43-46-49-52-65-57(61)55-60(64,59(63)67-54-51-48-45-42-39-36-33-30-27-24-21-18-15-12-9-6-3)56-58(62)66-53-50-47-44-41-38-35-32-29-26-23-20-17-14-11-8-5-2/h25-30,64H,4-24,31-56H2,1-3H3/b28-25+,29-26+,30-27+. The molecule has 0 radical (unpaired) electrons. The third-order valence-electron chi connectivity index (χ3n) is 13.0. The summed E-state index contributed by atoms with van der Waals surface area (Å²) in [5.41, 5.74) is -2.32. The minimum Gasteiger partial charge on any atom is -0.466 e. The van der Waals surface area contributed by atoms with Gasteiger partial charge < -0.3 is 19.3 Å². The van der Waals surface area contributed by atoms with E-state index in [2.05, 4.69) is 57.2 Å². The summed E-state index contributed by atoms with van der Waals surface area (Å²) in [4.78, 5) is 39.1. The predicted octanol–water partition coefficient (Wildman–Crippen LogP) is 18.2. The van der Waals surface area contributed by atoms with Gasteiger partial charge in [0.25, 0.3) is 0 Å². The molecule has 0 aliphatic heterocycles. The van der Waals surface area contributed by atoms with Gasteiger partial charge in [0, 0.05) is 0 Å². The van der Waals surface area contributed by atoms with Crippen molar-refractivity contribution in [3.05, 3.63) is 36.5 Å². The van der Waals surface area contributed by atoms with Crippen LogP contribution in [0.1, 0.15) is 303 Å². The lowest BCUT2D eigenvalue weighted by Crippen LogP contribution is -2.45. The van der Waals surface area contributed by atoms with E-state index in [1.165, 1.54) is 173 Å². The molecule has 0 aliphatic rings. The molecule has 0 aromatic carbocycles. The molecule has 67 heavy (non-hydrogen) atoms. The van der Waals surface area contributed by atoms with E-state index < -0.39 is 36.4 Å². The number of hydrogen-bond donors (Lipinski definition) is 1. The molecule has 0 bridgehead atoms. The SMILES string of the molecule is CCCCCCCC/C=C/CCCCCCCCOC(=O)CC(O)(CC(=O)OCCCCCCCC/C=C/CCCCCCCC)C(=O)OCCCCCCCC/C=C/CCCCCCCC. The van der Waals surface area contributed by atoms with Crippen LogP contribution in [0.3, 0.4) is 0 Å². The highest BCUT2D eigenvalue weighted by Gasteiger charge is 2.43. The Morgan fingerprint density at radius 1 is 0.313 bits per heavy atom. The molecule has 0 unspecified atom stereocenters. The lowest BCUT2D eigenvalue weighted by atomic mass is 9.95. The van der Waals surface area contributed by atoms with Gasteiger partial charge in [-0.05, 0) is 96.3 Å². The zero-order chi connectivity index (χ0) is 48.8. The van der Waals surface area contributed by atoms with Gasteiger partial charge in [0.15, 0.2) is 5.60 Å². The second kappa shape index (κ2) is 53.0. The van der Waals surface area contributed by atoms with E-state index in [4.69, 9.17) is 14.2 Å². The monoisotopic (exact) mass is 943 g/mol. The first-order valence-corrected chi connectivity index (χ1v) is 29.0. The van der Waals surface area contributed by atoms with E-state index in [0.29, 0.717) is 6.42 Å². The third kappa shape index (κ3) is 48.4. The average molecular weight is 944 g/mol. The Labute approximate surface area is 415 Å². The van der Waals surface area contributed by atoms with Crippen molar-refractivity contribution in [2.24, 2.45) is 0 Å². The molecule has 0 aliphatic carbocycles. The lowest BCUT2D eigenvalue weighted by Gasteiger charge is -2.24. The molecule has 0 saturated heterocycles. The molecule has 7 heteroatoms. The van der Waals surface area contributed by atoms with Gasteiger partial charge in [0.1, 0.15) is 0 Å². The van der Waals surface area contributed by atoms with E-state index in [0.717, 1.165) is 89.9 Å². The lowest BCUT2D eigenvalue weighted by molar-refractivity contribution is -0.178. The maximum atomic E-state index is 13.3. The molecule has 0 aromatic heterocycles. The molecule has 0 amide bonds. The van der Waals surface area contributed by atoms with Crippen LogP contribution >= 0.6 is 0 Å². The number of esters is 3.